The first-order valence-electron chi connectivity index (χ1n) is 9.48. The predicted octanol–water partition coefficient (Wildman–Crippen LogP) is 5.72. The molecule has 0 radical (unpaired) electrons. The van der Waals surface area contributed by atoms with Crippen LogP contribution in [0.15, 0.2) is 47.4 Å². The van der Waals surface area contributed by atoms with E-state index in [1.54, 1.807) is 18.2 Å². The number of phenolic OH excluding ortho intramolecular Hbond substituents is 1. The van der Waals surface area contributed by atoms with Crippen LogP contribution >= 0.6 is 0 Å². The van der Waals surface area contributed by atoms with Crippen LogP contribution in [0.2, 0.25) is 0 Å². The molecule has 2 aromatic carbocycles. The number of rotatable bonds is 11. The second-order valence-corrected chi connectivity index (χ2v) is 8.11. The molecule has 27 heavy (non-hydrogen) atoms. The maximum Gasteiger partial charge on any atom is 0.294 e. The van der Waals surface area contributed by atoms with Crippen LogP contribution < -0.4 is 4.74 Å². The van der Waals surface area contributed by atoms with Gasteiger partial charge in [0.05, 0.1) is 4.90 Å². The van der Waals surface area contributed by atoms with E-state index in [0.717, 1.165) is 24.8 Å². The van der Waals surface area contributed by atoms with Crippen molar-refractivity contribution in [2.75, 3.05) is 0 Å². The number of aromatic hydroxyl groups is 1. The molecule has 0 aromatic heterocycles. The number of aryl methyl sites for hydroxylation is 1. The molecule has 0 saturated carbocycles. The summed E-state index contributed by atoms with van der Waals surface area (Å²) in [7, 11) is -4.30. The Kier molecular flexibility index (Phi) is 8.13. The van der Waals surface area contributed by atoms with E-state index in [4.69, 9.17) is 9.29 Å². The molecule has 0 atom stereocenters. The molecule has 0 spiro atoms. The highest BCUT2D eigenvalue weighted by Crippen LogP contribution is 2.35. The number of benzene rings is 2. The zero-order valence-corrected chi connectivity index (χ0v) is 16.5. The molecule has 6 heteroatoms. The molecule has 0 aliphatic heterocycles. The third kappa shape index (κ3) is 6.88. The van der Waals surface area contributed by atoms with Gasteiger partial charge >= 0.3 is 0 Å². The average molecular weight is 393 g/mol. The lowest BCUT2D eigenvalue weighted by atomic mass is 10.0. The fourth-order valence-corrected chi connectivity index (χ4v) is 3.47. The summed E-state index contributed by atoms with van der Waals surface area (Å²) in [5.74, 6) is 0.567. The van der Waals surface area contributed by atoms with Crippen molar-refractivity contribution in [1.29, 1.82) is 0 Å². The van der Waals surface area contributed by atoms with Crippen molar-refractivity contribution >= 4 is 10.1 Å². The maximum absolute atomic E-state index is 11.2. The molecule has 0 aliphatic rings. The van der Waals surface area contributed by atoms with Gasteiger partial charge in [-0.3, -0.25) is 4.55 Å². The first-order chi connectivity index (χ1) is 12.9. The van der Waals surface area contributed by atoms with Crippen LogP contribution in [-0.4, -0.2) is 18.1 Å². The van der Waals surface area contributed by atoms with Crippen molar-refractivity contribution in [2.45, 2.75) is 63.2 Å². The minimum absolute atomic E-state index is 0.0701. The highest BCUT2D eigenvalue weighted by Gasteiger charge is 2.13. The smallest absolute Gasteiger partial charge is 0.294 e. The summed E-state index contributed by atoms with van der Waals surface area (Å²) in [6, 6.07) is 10.8. The quantitative estimate of drug-likeness (QED) is 0.377. The lowest BCUT2D eigenvalue weighted by Gasteiger charge is -2.11. The van der Waals surface area contributed by atoms with E-state index in [9.17, 15) is 13.5 Å². The summed E-state index contributed by atoms with van der Waals surface area (Å²) in [6.45, 7) is 2.21. The Bertz CT molecular complexity index is 830. The SMILES string of the molecule is CCCCCCCCCc1cccc(Oc2cccc(S(=O)(=O)O)c2)c1O. The van der Waals surface area contributed by atoms with Gasteiger partial charge in [0.15, 0.2) is 11.5 Å². The molecular formula is C21H28O5S. The average Bonchev–Trinajstić information content (AvgIpc) is 2.63. The fourth-order valence-electron chi connectivity index (χ4n) is 2.95. The maximum atomic E-state index is 11.2. The van der Waals surface area contributed by atoms with Crippen molar-refractivity contribution in [3.05, 3.63) is 48.0 Å². The standard InChI is InChI=1S/C21H28O5S/c1-2-3-4-5-6-7-8-11-17-12-9-15-20(21(17)22)26-18-13-10-14-19(16-18)27(23,24)25/h9-10,12-16,22H,2-8,11H2,1H3,(H,23,24,25). The first-order valence-corrected chi connectivity index (χ1v) is 10.9. The van der Waals surface area contributed by atoms with Gasteiger partial charge in [-0.1, -0.05) is 63.6 Å². The van der Waals surface area contributed by atoms with Crippen LogP contribution in [0.4, 0.5) is 0 Å². The van der Waals surface area contributed by atoms with E-state index < -0.39 is 10.1 Å². The summed E-state index contributed by atoms with van der Waals surface area (Å²) in [4.78, 5) is -0.251. The zero-order chi connectivity index (χ0) is 19.7. The molecule has 0 heterocycles. The Morgan fingerprint density at radius 1 is 0.926 bits per heavy atom. The molecule has 0 amide bonds. The van der Waals surface area contributed by atoms with Crippen LogP contribution in [-0.2, 0) is 16.5 Å². The Morgan fingerprint density at radius 3 is 2.30 bits per heavy atom. The third-order valence-electron chi connectivity index (χ3n) is 4.46. The van der Waals surface area contributed by atoms with Gasteiger partial charge < -0.3 is 9.84 Å². The number of phenols is 1. The van der Waals surface area contributed by atoms with Crippen LogP contribution in [0.5, 0.6) is 17.2 Å². The van der Waals surface area contributed by atoms with Gasteiger partial charge in [0.25, 0.3) is 10.1 Å². The lowest BCUT2D eigenvalue weighted by Crippen LogP contribution is -1.98. The Morgan fingerprint density at radius 2 is 1.59 bits per heavy atom. The van der Waals surface area contributed by atoms with E-state index in [1.807, 2.05) is 6.07 Å². The molecule has 0 saturated heterocycles. The largest absolute Gasteiger partial charge is 0.504 e. The van der Waals surface area contributed by atoms with Gasteiger partial charge in [-0.25, -0.2) is 0 Å². The fraction of sp³-hybridized carbons (Fsp3) is 0.429. The van der Waals surface area contributed by atoms with Crippen molar-refractivity contribution in [3.63, 3.8) is 0 Å². The molecule has 0 aliphatic carbocycles. The monoisotopic (exact) mass is 392 g/mol. The molecule has 0 unspecified atom stereocenters. The number of hydrogen-bond donors (Lipinski definition) is 2. The van der Waals surface area contributed by atoms with Crippen molar-refractivity contribution in [2.24, 2.45) is 0 Å². The van der Waals surface area contributed by atoms with Crippen LogP contribution in [0.1, 0.15) is 57.4 Å². The van der Waals surface area contributed by atoms with Gasteiger partial charge in [-0.2, -0.15) is 8.42 Å². The number of para-hydroxylation sites is 1. The molecule has 2 rings (SSSR count). The van der Waals surface area contributed by atoms with Gasteiger partial charge in [0.2, 0.25) is 0 Å². The van der Waals surface area contributed by atoms with Gasteiger partial charge in [0.1, 0.15) is 5.75 Å². The number of hydrogen-bond acceptors (Lipinski definition) is 4. The third-order valence-corrected chi connectivity index (χ3v) is 5.31. The molecule has 0 fully saturated rings. The summed E-state index contributed by atoms with van der Waals surface area (Å²) in [5, 5.41) is 10.5. The first kappa shape index (κ1) is 21.3. The van der Waals surface area contributed by atoms with Gasteiger partial charge in [0, 0.05) is 6.07 Å². The summed E-state index contributed by atoms with van der Waals surface area (Å²) in [6.07, 6.45) is 9.18. The Labute approximate surface area is 161 Å². The minimum atomic E-state index is -4.30. The Balaban J connectivity index is 1.96. The molecule has 0 bridgehead atoms. The van der Waals surface area contributed by atoms with E-state index in [0.29, 0.717) is 0 Å². The van der Waals surface area contributed by atoms with Gasteiger partial charge in [-0.15, -0.1) is 0 Å². The molecule has 5 nitrogen and oxygen atoms in total. The molecule has 2 aromatic rings. The van der Waals surface area contributed by atoms with Crippen LogP contribution in [0, 0.1) is 0 Å². The van der Waals surface area contributed by atoms with E-state index in [1.165, 1.54) is 50.3 Å². The van der Waals surface area contributed by atoms with E-state index >= 15 is 0 Å². The summed E-state index contributed by atoms with van der Waals surface area (Å²) >= 11 is 0. The van der Waals surface area contributed by atoms with Crippen molar-refractivity contribution in [3.8, 4) is 17.2 Å². The second kappa shape index (κ2) is 10.3. The normalized spacial score (nSPS) is 11.5. The summed E-state index contributed by atoms with van der Waals surface area (Å²) in [5.41, 5.74) is 0.812. The number of unbranched alkanes of at least 4 members (excludes halogenated alkanes) is 6. The highest BCUT2D eigenvalue weighted by molar-refractivity contribution is 7.85. The van der Waals surface area contributed by atoms with E-state index in [-0.39, 0.29) is 22.1 Å². The predicted molar refractivity (Wildman–Crippen MR) is 106 cm³/mol. The number of ether oxygens (including phenoxy) is 1. The van der Waals surface area contributed by atoms with Gasteiger partial charge in [-0.05, 0) is 36.6 Å². The van der Waals surface area contributed by atoms with Crippen molar-refractivity contribution in [1.82, 2.24) is 0 Å². The highest BCUT2D eigenvalue weighted by atomic mass is 32.2. The van der Waals surface area contributed by atoms with Crippen LogP contribution in [0.25, 0.3) is 0 Å². The second-order valence-electron chi connectivity index (χ2n) is 6.69. The lowest BCUT2D eigenvalue weighted by molar-refractivity contribution is 0.405. The van der Waals surface area contributed by atoms with E-state index in [2.05, 4.69) is 6.92 Å². The van der Waals surface area contributed by atoms with Crippen LogP contribution in [0.3, 0.4) is 0 Å². The molecule has 148 valence electrons. The topological polar surface area (TPSA) is 83.8 Å². The zero-order valence-electron chi connectivity index (χ0n) is 15.7. The minimum Gasteiger partial charge on any atom is -0.504 e. The van der Waals surface area contributed by atoms with Crippen molar-refractivity contribution < 1.29 is 22.8 Å². The summed E-state index contributed by atoms with van der Waals surface area (Å²) < 4.78 is 37.2. The Hall–Kier alpha value is -2.05. The molecule has 2 N–H and O–H groups in total. The molecular weight excluding hydrogens is 364 g/mol.